The van der Waals surface area contributed by atoms with E-state index in [0.29, 0.717) is 33.7 Å². The van der Waals surface area contributed by atoms with Gasteiger partial charge in [-0.25, -0.2) is 4.98 Å². The average molecular weight is 376 g/mol. The number of anilines is 1. The number of aromatic nitrogens is 2. The lowest BCUT2D eigenvalue weighted by atomic mass is 10.2. The molecule has 25 heavy (non-hydrogen) atoms. The maximum Gasteiger partial charge on any atom is 0.255 e. The molecule has 0 atom stereocenters. The van der Waals surface area contributed by atoms with E-state index in [1.807, 2.05) is 17.8 Å². The predicted octanol–water partition coefficient (Wildman–Crippen LogP) is 4.56. The van der Waals surface area contributed by atoms with Crippen molar-refractivity contribution in [2.24, 2.45) is 7.05 Å². The zero-order chi connectivity index (χ0) is 17.8. The third-order valence-electron chi connectivity index (χ3n) is 3.58. The van der Waals surface area contributed by atoms with E-state index < -0.39 is 0 Å². The summed E-state index contributed by atoms with van der Waals surface area (Å²) in [6, 6.07) is 11.7. The monoisotopic (exact) mass is 375 g/mol. The number of aryl methyl sites for hydroxylation is 1. The van der Waals surface area contributed by atoms with E-state index in [1.165, 1.54) is 0 Å². The van der Waals surface area contributed by atoms with E-state index >= 15 is 0 Å². The van der Waals surface area contributed by atoms with Crippen molar-refractivity contribution in [3.05, 3.63) is 76.3 Å². The lowest BCUT2D eigenvalue weighted by Gasteiger charge is -2.09. The Labute approximate surface area is 155 Å². The van der Waals surface area contributed by atoms with Crippen LogP contribution >= 0.6 is 23.2 Å². The highest BCUT2D eigenvalue weighted by molar-refractivity contribution is 6.35. The first kappa shape index (κ1) is 17.3. The second-order valence-electron chi connectivity index (χ2n) is 5.35. The Morgan fingerprint density at radius 3 is 2.64 bits per heavy atom. The van der Waals surface area contributed by atoms with Crippen molar-refractivity contribution in [1.82, 2.24) is 9.55 Å². The molecule has 3 aromatic rings. The first-order valence-corrected chi connectivity index (χ1v) is 8.24. The SMILES string of the molecule is Cn1ccnc1COc1ccc(C(=O)Nc2cc(Cl)ccc2Cl)cc1. The number of halogens is 2. The summed E-state index contributed by atoms with van der Waals surface area (Å²) in [4.78, 5) is 16.5. The van der Waals surface area contributed by atoms with Crippen molar-refractivity contribution in [2.45, 2.75) is 6.61 Å². The molecule has 0 unspecified atom stereocenters. The second-order valence-corrected chi connectivity index (χ2v) is 6.19. The van der Waals surface area contributed by atoms with Crippen molar-refractivity contribution < 1.29 is 9.53 Å². The first-order valence-electron chi connectivity index (χ1n) is 7.48. The molecule has 0 fully saturated rings. The number of hydrogen-bond donors (Lipinski definition) is 1. The molecule has 1 heterocycles. The van der Waals surface area contributed by atoms with Gasteiger partial charge < -0.3 is 14.6 Å². The molecule has 0 aliphatic rings. The molecule has 0 spiro atoms. The van der Waals surface area contributed by atoms with Gasteiger partial charge in [-0.15, -0.1) is 0 Å². The number of carbonyl (C=O) groups excluding carboxylic acids is 1. The van der Waals surface area contributed by atoms with Crippen molar-refractivity contribution in [1.29, 1.82) is 0 Å². The zero-order valence-corrected chi connectivity index (χ0v) is 14.9. The molecule has 128 valence electrons. The molecule has 1 N–H and O–H groups in total. The predicted molar refractivity (Wildman–Crippen MR) is 98.4 cm³/mol. The standard InChI is InChI=1S/C18H15Cl2N3O2/c1-23-9-8-21-17(23)11-25-14-5-2-12(3-6-14)18(24)22-16-10-13(19)4-7-15(16)20/h2-10H,11H2,1H3,(H,22,24). The molecular weight excluding hydrogens is 361 g/mol. The Kier molecular flexibility index (Phi) is 5.26. The van der Waals surface area contributed by atoms with Crippen LogP contribution in [0.15, 0.2) is 54.9 Å². The largest absolute Gasteiger partial charge is 0.486 e. The van der Waals surface area contributed by atoms with Crippen molar-refractivity contribution in [3.8, 4) is 5.75 Å². The number of nitrogens with zero attached hydrogens (tertiary/aromatic N) is 2. The fourth-order valence-electron chi connectivity index (χ4n) is 2.17. The molecular formula is C18H15Cl2N3O2. The van der Waals surface area contributed by atoms with E-state index in [0.717, 1.165) is 5.82 Å². The van der Waals surface area contributed by atoms with Gasteiger partial charge in [0, 0.05) is 30.0 Å². The molecule has 0 aliphatic carbocycles. The Hall–Kier alpha value is -2.50. The van der Waals surface area contributed by atoms with Crippen LogP contribution in [0.25, 0.3) is 0 Å². The Morgan fingerprint density at radius 1 is 1.20 bits per heavy atom. The molecule has 5 nitrogen and oxygen atoms in total. The Morgan fingerprint density at radius 2 is 1.96 bits per heavy atom. The molecule has 0 saturated heterocycles. The second kappa shape index (κ2) is 7.59. The van der Waals surface area contributed by atoms with Crippen molar-refractivity contribution in [2.75, 3.05) is 5.32 Å². The van der Waals surface area contributed by atoms with E-state index in [9.17, 15) is 4.79 Å². The molecule has 0 saturated carbocycles. The van der Waals surface area contributed by atoms with Crippen LogP contribution in [0.3, 0.4) is 0 Å². The van der Waals surface area contributed by atoms with Gasteiger partial charge in [0.25, 0.3) is 5.91 Å². The van der Waals surface area contributed by atoms with E-state index in [2.05, 4.69) is 10.3 Å². The summed E-state index contributed by atoms with van der Waals surface area (Å²) in [6.45, 7) is 0.354. The topological polar surface area (TPSA) is 56.2 Å². The molecule has 0 bridgehead atoms. The van der Waals surface area contributed by atoms with E-state index in [-0.39, 0.29) is 5.91 Å². The molecule has 1 amide bonds. The number of hydrogen-bond acceptors (Lipinski definition) is 3. The number of amides is 1. The fraction of sp³-hybridized carbons (Fsp3) is 0.111. The summed E-state index contributed by atoms with van der Waals surface area (Å²) in [5.74, 6) is 1.19. The van der Waals surface area contributed by atoms with Gasteiger partial charge in [0.1, 0.15) is 18.2 Å². The van der Waals surface area contributed by atoms with E-state index in [4.69, 9.17) is 27.9 Å². The normalized spacial score (nSPS) is 10.5. The van der Waals surface area contributed by atoms with Gasteiger partial charge in [0.05, 0.1) is 10.7 Å². The molecule has 0 radical (unpaired) electrons. The van der Waals surface area contributed by atoms with Gasteiger partial charge >= 0.3 is 0 Å². The van der Waals surface area contributed by atoms with Crippen LogP contribution in [0.2, 0.25) is 10.0 Å². The van der Waals surface area contributed by atoms with Crippen LogP contribution in [0, 0.1) is 0 Å². The van der Waals surface area contributed by atoms with Gasteiger partial charge in [0.2, 0.25) is 0 Å². The Bertz CT molecular complexity index is 892. The van der Waals surface area contributed by atoms with Gasteiger partial charge in [-0.05, 0) is 42.5 Å². The summed E-state index contributed by atoms with van der Waals surface area (Å²) >= 11 is 12.0. The highest BCUT2D eigenvalue weighted by Crippen LogP contribution is 2.26. The van der Waals surface area contributed by atoms with E-state index in [1.54, 1.807) is 48.7 Å². The average Bonchev–Trinajstić information content (AvgIpc) is 3.02. The van der Waals surface area contributed by atoms with Gasteiger partial charge in [-0.2, -0.15) is 0 Å². The summed E-state index contributed by atoms with van der Waals surface area (Å²) in [5.41, 5.74) is 0.953. The minimum atomic E-state index is -0.278. The smallest absolute Gasteiger partial charge is 0.255 e. The number of benzene rings is 2. The van der Waals surface area contributed by atoms with Crippen LogP contribution < -0.4 is 10.1 Å². The van der Waals surface area contributed by atoms with Crippen LogP contribution in [0.5, 0.6) is 5.75 Å². The van der Waals surface area contributed by atoms with Crippen LogP contribution in [-0.4, -0.2) is 15.5 Å². The van der Waals surface area contributed by atoms with Gasteiger partial charge in [0.15, 0.2) is 0 Å². The summed E-state index contributed by atoms with van der Waals surface area (Å²) < 4.78 is 7.55. The number of carbonyl (C=O) groups is 1. The van der Waals surface area contributed by atoms with Gasteiger partial charge in [-0.3, -0.25) is 4.79 Å². The van der Waals surface area contributed by atoms with Gasteiger partial charge in [-0.1, -0.05) is 23.2 Å². The lowest BCUT2D eigenvalue weighted by molar-refractivity contribution is 0.102. The number of nitrogens with one attached hydrogen (secondary N) is 1. The fourth-order valence-corrected chi connectivity index (χ4v) is 2.51. The number of ether oxygens (including phenoxy) is 1. The third kappa shape index (κ3) is 4.32. The molecule has 7 heteroatoms. The summed E-state index contributed by atoms with van der Waals surface area (Å²) in [6.07, 6.45) is 3.57. The molecule has 0 aliphatic heterocycles. The summed E-state index contributed by atoms with van der Waals surface area (Å²) in [5, 5.41) is 3.66. The van der Waals surface area contributed by atoms with Crippen LogP contribution in [0.1, 0.15) is 16.2 Å². The van der Waals surface area contributed by atoms with Crippen LogP contribution in [-0.2, 0) is 13.7 Å². The maximum atomic E-state index is 12.3. The van der Waals surface area contributed by atoms with Crippen LogP contribution in [0.4, 0.5) is 5.69 Å². The maximum absolute atomic E-state index is 12.3. The first-order chi connectivity index (χ1) is 12.0. The number of rotatable bonds is 5. The molecule has 1 aromatic heterocycles. The number of imidazole rings is 1. The third-order valence-corrected chi connectivity index (χ3v) is 4.15. The highest BCUT2D eigenvalue weighted by Gasteiger charge is 2.09. The quantitative estimate of drug-likeness (QED) is 0.710. The van der Waals surface area contributed by atoms with Crippen molar-refractivity contribution >= 4 is 34.8 Å². The highest BCUT2D eigenvalue weighted by atomic mass is 35.5. The molecule has 2 aromatic carbocycles. The Balaban J connectivity index is 1.64. The summed E-state index contributed by atoms with van der Waals surface area (Å²) in [7, 11) is 1.90. The minimum absolute atomic E-state index is 0.278. The lowest BCUT2D eigenvalue weighted by Crippen LogP contribution is -2.12. The minimum Gasteiger partial charge on any atom is -0.486 e. The molecule has 3 rings (SSSR count). The van der Waals surface area contributed by atoms with Crippen molar-refractivity contribution in [3.63, 3.8) is 0 Å². The zero-order valence-electron chi connectivity index (χ0n) is 13.4.